The van der Waals surface area contributed by atoms with Crippen molar-refractivity contribution in [2.75, 3.05) is 11.3 Å². The Morgan fingerprint density at radius 2 is 2.26 bits per heavy atom. The minimum absolute atomic E-state index is 0.0358. The second kappa shape index (κ2) is 5.41. The number of aromatic nitrogens is 4. The number of hydrogen-bond acceptors (Lipinski definition) is 5. The van der Waals surface area contributed by atoms with Crippen molar-refractivity contribution in [3.8, 4) is 0 Å². The Labute approximate surface area is 110 Å². The molecule has 0 unspecified atom stereocenters. The summed E-state index contributed by atoms with van der Waals surface area (Å²) in [5, 5.41) is 16.6. The van der Waals surface area contributed by atoms with Gasteiger partial charge < -0.3 is 5.11 Å². The molecule has 0 saturated carbocycles. The van der Waals surface area contributed by atoms with E-state index in [2.05, 4.69) is 14.9 Å². The monoisotopic (exact) mass is 285 g/mol. The van der Waals surface area contributed by atoms with Crippen LogP contribution in [0.2, 0.25) is 0 Å². The smallest absolute Gasteiger partial charge is 0.266 e. The number of hydrogen-bond donors (Lipinski definition) is 2. The molecule has 2 heterocycles. The van der Waals surface area contributed by atoms with Gasteiger partial charge in [-0.25, -0.2) is 8.42 Å². The summed E-state index contributed by atoms with van der Waals surface area (Å²) in [6.07, 6.45) is 4.85. The normalized spacial score (nSPS) is 11.7. The molecule has 0 aliphatic heterocycles. The summed E-state index contributed by atoms with van der Waals surface area (Å²) in [6, 6.07) is 1.56. The molecule has 2 aromatic heterocycles. The van der Waals surface area contributed by atoms with Crippen LogP contribution in [0, 0.1) is 0 Å². The molecule has 0 saturated heterocycles. The Bertz CT molecular complexity index is 646. The van der Waals surface area contributed by atoms with Crippen LogP contribution in [0.25, 0.3) is 0 Å². The molecule has 104 valence electrons. The zero-order valence-electron chi connectivity index (χ0n) is 10.4. The molecule has 2 rings (SSSR count). The van der Waals surface area contributed by atoms with Crippen molar-refractivity contribution >= 4 is 15.8 Å². The van der Waals surface area contributed by atoms with Crippen LogP contribution in [0.5, 0.6) is 0 Å². The SMILES string of the molecule is Cn1ccc(NS(=O)(=O)c2cnn(CCCO)c2)n1. The lowest BCUT2D eigenvalue weighted by atomic mass is 10.5. The number of aliphatic hydroxyl groups is 1. The van der Waals surface area contributed by atoms with Crippen molar-refractivity contribution in [1.29, 1.82) is 0 Å². The molecule has 2 N–H and O–H groups in total. The highest BCUT2D eigenvalue weighted by atomic mass is 32.2. The van der Waals surface area contributed by atoms with Crippen LogP contribution in [-0.4, -0.2) is 39.7 Å². The first-order chi connectivity index (χ1) is 9.01. The summed E-state index contributed by atoms with van der Waals surface area (Å²) in [6.45, 7) is 0.504. The van der Waals surface area contributed by atoms with E-state index < -0.39 is 10.0 Å². The third-order valence-electron chi connectivity index (χ3n) is 2.42. The van der Waals surface area contributed by atoms with Gasteiger partial charge in [-0.05, 0) is 6.42 Å². The molecule has 0 aliphatic carbocycles. The fraction of sp³-hybridized carbons (Fsp3) is 0.400. The molecule has 0 amide bonds. The van der Waals surface area contributed by atoms with Crippen LogP contribution in [0.15, 0.2) is 29.6 Å². The summed E-state index contributed by atoms with van der Waals surface area (Å²) in [7, 11) is -1.98. The van der Waals surface area contributed by atoms with Crippen LogP contribution in [0.3, 0.4) is 0 Å². The van der Waals surface area contributed by atoms with E-state index in [0.29, 0.717) is 13.0 Å². The van der Waals surface area contributed by atoms with Gasteiger partial charge in [0.2, 0.25) is 0 Å². The third-order valence-corrected chi connectivity index (χ3v) is 3.73. The Morgan fingerprint density at radius 3 is 2.89 bits per heavy atom. The molecule has 0 spiro atoms. The first kappa shape index (κ1) is 13.6. The van der Waals surface area contributed by atoms with Crippen LogP contribution < -0.4 is 4.72 Å². The highest BCUT2D eigenvalue weighted by Crippen LogP contribution is 2.13. The summed E-state index contributed by atoms with van der Waals surface area (Å²) < 4.78 is 29.4. The fourth-order valence-corrected chi connectivity index (χ4v) is 2.45. The van der Waals surface area contributed by atoms with Crippen LogP contribution in [0.1, 0.15) is 6.42 Å². The third kappa shape index (κ3) is 3.32. The van der Waals surface area contributed by atoms with Gasteiger partial charge in [0.15, 0.2) is 5.82 Å². The van der Waals surface area contributed by atoms with Crippen molar-refractivity contribution in [1.82, 2.24) is 19.6 Å². The first-order valence-corrected chi connectivity index (χ1v) is 7.15. The lowest BCUT2D eigenvalue weighted by Gasteiger charge is -2.02. The minimum Gasteiger partial charge on any atom is -0.396 e. The van der Waals surface area contributed by atoms with E-state index in [9.17, 15) is 8.42 Å². The van der Waals surface area contributed by atoms with Gasteiger partial charge in [-0.15, -0.1) is 0 Å². The highest BCUT2D eigenvalue weighted by Gasteiger charge is 2.17. The lowest BCUT2D eigenvalue weighted by molar-refractivity contribution is 0.277. The van der Waals surface area contributed by atoms with Crippen molar-refractivity contribution in [2.45, 2.75) is 17.9 Å². The van der Waals surface area contributed by atoms with Gasteiger partial charge in [0.05, 0.1) is 6.20 Å². The number of anilines is 1. The van der Waals surface area contributed by atoms with Gasteiger partial charge in [0.25, 0.3) is 10.0 Å². The minimum atomic E-state index is -3.68. The van der Waals surface area contributed by atoms with Crippen LogP contribution >= 0.6 is 0 Å². The highest BCUT2D eigenvalue weighted by molar-refractivity contribution is 7.92. The Kier molecular flexibility index (Phi) is 3.86. The van der Waals surface area contributed by atoms with E-state index in [1.54, 1.807) is 19.3 Å². The quantitative estimate of drug-likeness (QED) is 0.765. The molecule has 0 fully saturated rings. The second-order valence-corrected chi connectivity index (χ2v) is 5.68. The van der Waals surface area contributed by atoms with E-state index in [-0.39, 0.29) is 17.3 Å². The molecule has 0 aromatic carbocycles. The van der Waals surface area contributed by atoms with Gasteiger partial charge in [-0.3, -0.25) is 14.1 Å². The van der Waals surface area contributed by atoms with Gasteiger partial charge >= 0.3 is 0 Å². The predicted molar refractivity (Wildman–Crippen MR) is 67.9 cm³/mol. The topological polar surface area (TPSA) is 102 Å². The number of nitrogens with zero attached hydrogens (tertiary/aromatic N) is 4. The van der Waals surface area contributed by atoms with E-state index in [4.69, 9.17) is 5.11 Å². The summed E-state index contributed by atoms with van der Waals surface area (Å²) in [5.74, 6) is 0.255. The Morgan fingerprint density at radius 1 is 1.47 bits per heavy atom. The maximum Gasteiger partial charge on any atom is 0.266 e. The summed E-state index contributed by atoms with van der Waals surface area (Å²) >= 11 is 0. The molecular weight excluding hydrogens is 270 g/mol. The summed E-state index contributed by atoms with van der Waals surface area (Å²) in [4.78, 5) is 0.0658. The lowest BCUT2D eigenvalue weighted by Crippen LogP contribution is -2.13. The van der Waals surface area contributed by atoms with Crippen molar-refractivity contribution in [3.63, 3.8) is 0 Å². The van der Waals surface area contributed by atoms with E-state index >= 15 is 0 Å². The fourth-order valence-electron chi connectivity index (χ4n) is 1.50. The predicted octanol–water partition coefficient (Wildman–Crippen LogP) is -0.200. The second-order valence-electron chi connectivity index (χ2n) is 4.00. The molecule has 0 atom stereocenters. The number of aryl methyl sites for hydroxylation is 2. The van der Waals surface area contributed by atoms with Gasteiger partial charge in [0, 0.05) is 38.7 Å². The molecule has 0 bridgehead atoms. The van der Waals surface area contributed by atoms with Crippen LogP contribution in [0.4, 0.5) is 5.82 Å². The number of rotatable bonds is 6. The molecule has 0 radical (unpaired) electrons. The summed E-state index contributed by atoms with van der Waals surface area (Å²) in [5.41, 5.74) is 0. The van der Waals surface area contributed by atoms with E-state index in [1.165, 1.54) is 21.8 Å². The Balaban J connectivity index is 2.13. The largest absolute Gasteiger partial charge is 0.396 e. The molecule has 9 heteroatoms. The zero-order valence-corrected chi connectivity index (χ0v) is 11.2. The molecule has 2 aromatic rings. The zero-order chi connectivity index (χ0) is 13.9. The standard InChI is InChI=1S/C10H15N5O3S/c1-14-5-3-10(12-14)13-19(17,18)9-7-11-15(8-9)4-2-6-16/h3,5,7-8,16H,2,4,6H2,1H3,(H,12,13). The maximum atomic E-state index is 12.0. The average Bonchev–Trinajstić information content (AvgIpc) is 2.95. The molecule has 8 nitrogen and oxygen atoms in total. The molecule has 0 aliphatic rings. The maximum absolute atomic E-state index is 12.0. The first-order valence-electron chi connectivity index (χ1n) is 5.67. The van der Waals surface area contributed by atoms with E-state index in [1.807, 2.05) is 0 Å². The van der Waals surface area contributed by atoms with E-state index in [0.717, 1.165) is 0 Å². The van der Waals surface area contributed by atoms with Crippen molar-refractivity contribution in [2.24, 2.45) is 7.05 Å². The molecule has 19 heavy (non-hydrogen) atoms. The Hall–Kier alpha value is -1.87. The van der Waals surface area contributed by atoms with Gasteiger partial charge in [0.1, 0.15) is 4.90 Å². The number of sulfonamides is 1. The van der Waals surface area contributed by atoms with Crippen molar-refractivity contribution in [3.05, 3.63) is 24.7 Å². The van der Waals surface area contributed by atoms with Gasteiger partial charge in [-0.2, -0.15) is 10.2 Å². The number of nitrogens with one attached hydrogen (secondary N) is 1. The van der Waals surface area contributed by atoms with Gasteiger partial charge in [-0.1, -0.05) is 0 Å². The molecular formula is C10H15N5O3S. The number of aliphatic hydroxyl groups excluding tert-OH is 1. The van der Waals surface area contributed by atoms with Crippen molar-refractivity contribution < 1.29 is 13.5 Å². The average molecular weight is 285 g/mol. The van der Waals surface area contributed by atoms with Crippen LogP contribution in [-0.2, 0) is 23.6 Å².